The maximum Gasteiger partial charge on any atom is 0.300 e. The van der Waals surface area contributed by atoms with Gasteiger partial charge in [0.2, 0.25) is 0 Å². The van der Waals surface area contributed by atoms with Crippen molar-refractivity contribution in [2.45, 2.75) is 19.4 Å². The van der Waals surface area contributed by atoms with Crippen molar-refractivity contribution in [1.29, 1.82) is 0 Å². The monoisotopic (exact) mass is 459 g/mol. The van der Waals surface area contributed by atoms with Gasteiger partial charge in [0, 0.05) is 17.3 Å². The number of aryl methyl sites for hydroxylation is 1. The Hall–Kier alpha value is -4.13. The van der Waals surface area contributed by atoms with E-state index < -0.39 is 23.5 Å². The molecular formula is C27H22FNO5. The molecule has 7 heteroatoms. The van der Waals surface area contributed by atoms with E-state index in [1.807, 2.05) is 31.2 Å². The molecule has 3 aromatic carbocycles. The first-order chi connectivity index (χ1) is 16.5. The lowest BCUT2D eigenvalue weighted by molar-refractivity contribution is -0.132. The third-order valence-corrected chi connectivity index (χ3v) is 6.07. The topological polar surface area (TPSA) is 76.1 Å². The Morgan fingerprint density at radius 3 is 2.32 bits per heavy atom. The molecule has 0 bridgehead atoms. The minimum atomic E-state index is -0.876. The van der Waals surface area contributed by atoms with Crippen LogP contribution in [-0.4, -0.2) is 30.0 Å². The van der Waals surface area contributed by atoms with E-state index in [9.17, 15) is 19.1 Å². The molecule has 0 spiro atoms. The Bertz CT molecular complexity index is 1300. The van der Waals surface area contributed by atoms with Crippen LogP contribution in [0.15, 0.2) is 72.3 Å². The van der Waals surface area contributed by atoms with Gasteiger partial charge < -0.3 is 14.6 Å². The predicted octanol–water partition coefficient (Wildman–Crippen LogP) is 4.79. The van der Waals surface area contributed by atoms with E-state index in [1.165, 1.54) is 29.2 Å². The summed E-state index contributed by atoms with van der Waals surface area (Å²) in [6.45, 7) is 2.84. The number of carbonyl (C=O) groups is 2. The molecule has 2 aliphatic rings. The standard InChI is InChI=1S/C27H22FNO5/c1-2-16-3-5-17(6-4-16)24-23(25(30)18-7-9-19(28)10-8-18)26(31)27(32)29(24)20-11-12-21-22(15-20)34-14-13-33-21/h3-12,15,24,30H,2,13-14H2,1H3/b25-23+. The summed E-state index contributed by atoms with van der Waals surface area (Å²) in [4.78, 5) is 27.9. The van der Waals surface area contributed by atoms with Gasteiger partial charge >= 0.3 is 0 Å². The van der Waals surface area contributed by atoms with Crippen LogP contribution in [-0.2, 0) is 16.0 Å². The Morgan fingerprint density at radius 2 is 1.65 bits per heavy atom. The minimum Gasteiger partial charge on any atom is -0.507 e. The summed E-state index contributed by atoms with van der Waals surface area (Å²) in [5, 5.41) is 11.1. The fourth-order valence-electron chi connectivity index (χ4n) is 4.30. The van der Waals surface area contributed by atoms with Crippen LogP contribution in [0.2, 0.25) is 0 Å². The van der Waals surface area contributed by atoms with Crippen LogP contribution in [0.5, 0.6) is 11.5 Å². The normalized spacial score (nSPS) is 18.9. The van der Waals surface area contributed by atoms with Crippen molar-refractivity contribution in [2.75, 3.05) is 18.1 Å². The van der Waals surface area contributed by atoms with Crippen LogP contribution in [0.25, 0.3) is 5.76 Å². The van der Waals surface area contributed by atoms with E-state index >= 15 is 0 Å². The molecule has 2 heterocycles. The van der Waals surface area contributed by atoms with Crippen LogP contribution >= 0.6 is 0 Å². The van der Waals surface area contributed by atoms with Gasteiger partial charge in [0.05, 0.1) is 11.6 Å². The summed E-state index contributed by atoms with van der Waals surface area (Å²) in [5.74, 6) is -1.39. The Balaban J connectivity index is 1.68. The van der Waals surface area contributed by atoms with Crippen molar-refractivity contribution in [3.05, 3.63) is 94.8 Å². The highest BCUT2D eigenvalue weighted by atomic mass is 19.1. The van der Waals surface area contributed by atoms with Gasteiger partial charge in [-0.05, 0) is 53.9 Å². The second kappa shape index (κ2) is 8.67. The molecule has 0 aliphatic carbocycles. The fourth-order valence-corrected chi connectivity index (χ4v) is 4.30. The molecule has 0 radical (unpaired) electrons. The number of aliphatic hydroxyl groups is 1. The number of nitrogens with zero attached hydrogens (tertiary/aromatic N) is 1. The lowest BCUT2D eigenvalue weighted by atomic mass is 9.94. The van der Waals surface area contributed by atoms with Crippen molar-refractivity contribution in [2.24, 2.45) is 0 Å². The zero-order chi connectivity index (χ0) is 23.8. The molecule has 1 saturated heterocycles. The number of ether oxygens (including phenoxy) is 2. The van der Waals surface area contributed by atoms with E-state index in [2.05, 4.69) is 0 Å². The maximum absolute atomic E-state index is 13.5. The smallest absolute Gasteiger partial charge is 0.300 e. The van der Waals surface area contributed by atoms with Gasteiger partial charge in [-0.2, -0.15) is 0 Å². The van der Waals surface area contributed by atoms with Crippen LogP contribution in [0.1, 0.15) is 29.7 Å². The molecule has 0 aromatic heterocycles. The zero-order valence-electron chi connectivity index (χ0n) is 18.5. The lowest BCUT2D eigenvalue weighted by Gasteiger charge is -2.27. The number of amides is 1. The molecule has 172 valence electrons. The first kappa shape index (κ1) is 21.7. The van der Waals surface area contributed by atoms with Crippen molar-refractivity contribution in [3.63, 3.8) is 0 Å². The van der Waals surface area contributed by atoms with Gasteiger partial charge in [-0.25, -0.2) is 4.39 Å². The Kier molecular flexibility index (Phi) is 5.53. The van der Waals surface area contributed by atoms with Gasteiger partial charge in [0.1, 0.15) is 24.8 Å². The Morgan fingerprint density at radius 1 is 0.971 bits per heavy atom. The van der Waals surface area contributed by atoms with E-state index in [0.717, 1.165) is 12.0 Å². The lowest BCUT2D eigenvalue weighted by Crippen LogP contribution is -2.29. The van der Waals surface area contributed by atoms with E-state index in [-0.39, 0.29) is 16.9 Å². The van der Waals surface area contributed by atoms with E-state index in [1.54, 1.807) is 18.2 Å². The number of halogens is 1. The molecule has 2 aliphatic heterocycles. The first-order valence-electron chi connectivity index (χ1n) is 11.0. The van der Waals surface area contributed by atoms with E-state index in [4.69, 9.17) is 9.47 Å². The number of hydrogen-bond acceptors (Lipinski definition) is 5. The third-order valence-electron chi connectivity index (χ3n) is 6.07. The van der Waals surface area contributed by atoms with Crippen LogP contribution < -0.4 is 14.4 Å². The number of Topliss-reactive ketones (excluding diaryl/α,β-unsaturated/α-hetero) is 1. The fraction of sp³-hybridized carbons (Fsp3) is 0.185. The SMILES string of the molecule is CCc1ccc(C2/C(=C(\O)c3ccc(F)cc3)C(=O)C(=O)N2c2ccc3c(c2)OCCO3)cc1. The summed E-state index contributed by atoms with van der Waals surface area (Å²) in [6, 6.07) is 16.8. The minimum absolute atomic E-state index is 0.0595. The number of benzene rings is 3. The summed E-state index contributed by atoms with van der Waals surface area (Å²) in [6.07, 6.45) is 0.832. The highest BCUT2D eigenvalue weighted by molar-refractivity contribution is 6.51. The number of aliphatic hydroxyl groups excluding tert-OH is 1. The molecule has 5 rings (SSSR count). The average Bonchev–Trinajstić information content (AvgIpc) is 3.14. The molecule has 3 aromatic rings. The van der Waals surface area contributed by atoms with E-state index in [0.29, 0.717) is 36.0 Å². The number of carbonyl (C=O) groups excluding carboxylic acids is 2. The summed E-state index contributed by atoms with van der Waals surface area (Å²) < 4.78 is 24.7. The largest absolute Gasteiger partial charge is 0.507 e. The number of hydrogen-bond donors (Lipinski definition) is 1. The highest BCUT2D eigenvalue weighted by Crippen LogP contribution is 2.44. The van der Waals surface area contributed by atoms with Crippen molar-refractivity contribution in [3.8, 4) is 11.5 Å². The van der Waals surface area contributed by atoms with Gasteiger partial charge in [0.25, 0.3) is 11.7 Å². The molecular weight excluding hydrogens is 437 g/mol. The first-order valence-corrected chi connectivity index (χ1v) is 11.0. The predicted molar refractivity (Wildman–Crippen MR) is 124 cm³/mol. The van der Waals surface area contributed by atoms with Crippen molar-refractivity contribution >= 4 is 23.1 Å². The van der Waals surface area contributed by atoms with Gasteiger partial charge in [0.15, 0.2) is 11.5 Å². The van der Waals surface area contributed by atoms with Crippen molar-refractivity contribution < 1.29 is 28.6 Å². The number of rotatable bonds is 4. The molecule has 1 fully saturated rings. The number of anilines is 1. The molecule has 1 N–H and O–H groups in total. The molecule has 1 amide bonds. The van der Waals surface area contributed by atoms with Crippen LogP contribution in [0.3, 0.4) is 0 Å². The number of ketones is 1. The van der Waals surface area contributed by atoms with Crippen LogP contribution in [0.4, 0.5) is 10.1 Å². The van der Waals surface area contributed by atoms with Crippen LogP contribution in [0, 0.1) is 5.82 Å². The zero-order valence-corrected chi connectivity index (χ0v) is 18.5. The second-order valence-electron chi connectivity index (χ2n) is 8.10. The Labute approximate surface area is 195 Å². The summed E-state index contributed by atoms with van der Waals surface area (Å²) in [7, 11) is 0. The third kappa shape index (κ3) is 3.69. The quantitative estimate of drug-likeness (QED) is 0.345. The second-order valence-corrected chi connectivity index (χ2v) is 8.10. The van der Waals surface area contributed by atoms with Crippen molar-refractivity contribution in [1.82, 2.24) is 0 Å². The molecule has 0 saturated carbocycles. The molecule has 1 atom stereocenters. The van der Waals surface area contributed by atoms with Gasteiger partial charge in [-0.1, -0.05) is 31.2 Å². The number of fused-ring (bicyclic) bond motifs is 1. The summed E-state index contributed by atoms with van der Waals surface area (Å²) in [5.41, 5.74) is 2.38. The summed E-state index contributed by atoms with van der Waals surface area (Å²) >= 11 is 0. The highest BCUT2D eigenvalue weighted by Gasteiger charge is 2.47. The average molecular weight is 459 g/mol. The molecule has 34 heavy (non-hydrogen) atoms. The van der Waals surface area contributed by atoms with Gasteiger partial charge in [-0.3, -0.25) is 14.5 Å². The molecule has 6 nitrogen and oxygen atoms in total. The van der Waals surface area contributed by atoms with Gasteiger partial charge in [-0.15, -0.1) is 0 Å². The maximum atomic E-state index is 13.5. The molecule has 1 unspecified atom stereocenters.